The fourth-order valence-corrected chi connectivity index (χ4v) is 2.09. The van der Waals surface area contributed by atoms with Crippen LogP contribution in [0.3, 0.4) is 0 Å². The van der Waals surface area contributed by atoms with Crippen LogP contribution in [0.4, 0.5) is 5.69 Å². The van der Waals surface area contributed by atoms with Gasteiger partial charge in [0.1, 0.15) is 0 Å². The lowest BCUT2D eigenvalue weighted by molar-refractivity contribution is 0.574. The lowest BCUT2D eigenvalue weighted by Crippen LogP contribution is -2.24. The molecule has 3 heteroatoms. The summed E-state index contributed by atoms with van der Waals surface area (Å²) in [7, 11) is 0. The average molecular weight is 215 g/mol. The molecule has 0 spiro atoms. The Bertz CT molecular complexity index is 375. The highest BCUT2D eigenvalue weighted by atomic mass is 14.9. The first-order chi connectivity index (χ1) is 7.88. The molecule has 0 aromatic heterocycles. The number of nitrogens with one attached hydrogen (secondary N) is 2. The molecule has 16 heavy (non-hydrogen) atoms. The van der Waals surface area contributed by atoms with Gasteiger partial charge in [-0.05, 0) is 44.0 Å². The number of nitrogens with zero attached hydrogens (tertiary/aromatic N) is 1. The maximum atomic E-state index is 8.77. The number of rotatable bonds is 4. The zero-order chi connectivity index (χ0) is 11.2. The van der Waals surface area contributed by atoms with Crippen molar-refractivity contribution < 1.29 is 0 Å². The van der Waals surface area contributed by atoms with Gasteiger partial charge in [0, 0.05) is 18.3 Å². The quantitative estimate of drug-likeness (QED) is 0.808. The Morgan fingerprint density at radius 3 is 3.19 bits per heavy atom. The van der Waals surface area contributed by atoms with E-state index in [2.05, 4.69) is 16.7 Å². The molecule has 3 nitrogen and oxygen atoms in total. The highest BCUT2D eigenvalue weighted by molar-refractivity contribution is 5.48. The van der Waals surface area contributed by atoms with Crippen molar-refractivity contribution in [3.63, 3.8) is 0 Å². The Labute approximate surface area is 96.5 Å². The molecule has 1 aliphatic heterocycles. The van der Waals surface area contributed by atoms with E-state index in [0.29, 0.717) is 11.6 Å². The molecule has 0 saturated carbocycles. The molecule has 1 fully saturated rings. The monoisotopic (exact) mass is 215 g/mol. The fourth-order valence-electron chi connectivity index (χ4n) is 2.09. The van der Waals surface area contributed by atoms with Gasteiger partial charge in [-0.25, -0.2) is 0 Å². The first-order valence-electron chi connectivity index (χ1n) is 5.86. The minimum absolute atomic E-state index is 0.673. The standard InChI is InChI=1S/C13H17N3/c14-10-11-3-1-4-13(9-11)16-8-6-12-5-2-7-15-12/h1,3-4,9,12,15-16H,2,5-8H2/t12-/m1/s1. The molecule has 1 aromatic rings. The molecule has 1 heterocycles. The fraction of sp³-hybridized carbons (Fsp3) is 0.462. The Hall–Kier alpha value is -1.53. The molecule has 0 aliphatic carbocycles. The highest BCUT2D eigenvalue weighted by Crippen LogP contribution is 2.12. The molecular weight excluding hydrogens is 198 g/mol. The van der Waals surface area contributed by atoms with E-state index in [9.17, 15) is 0 Å². The van der Waals surface area contributed by atoms with Gasteiger partial charge in [0.25, 0.3) is 0 Å². The first kappa shape index (κ1) is 11.0. The second kappa shape index (κ2) is 5.53. The van der Waals surface area contributed by atoms with E-state index in [0.717, 1.165) is 25.2 Å². The van der Waals surface area contributed by atoms with Crippen molar-refractivity contribution in [2.24, 2.45) is 0 Å². The topological polar surface area (TPSA) is 47.9 Å². The Morgan fingerprint density at radius 1 is 1.50 bits per heavy atom. The Balaban J connectivity index is 1.78. The van der Waals surface area contributed by atoms with Crippen LogP contribution < -0.4 is 10.6 Å². The third-order valence-corrected chi connectivity index (χ3v) is 2.98. The number of hydrogen-bond acceptors (Lipinski definition) is 3. The first-order valence-corrected chi connectivity index (χ1v) is 5.86. The maximum Gasteiger partial charge on any atom is 0.0992 e. The summed E-state index contributed by atoms with van der Waals surface area (Å²) in [5.41, 5.74) is 1.75. The molecule has 0 amide bonds. The second-order valence-corrected chi connectivity index (χ2v) is 4.20. The number of nitriles is 1. The molecule has 0 radical (unpaired) electrons. The molecule has 84 valence electrons. The molecule has 1 atom stereocenters. The number of hydrogen-bond donors (Lipinski definition) is 2. The molecule has 1 aromatic carbocycles. The summed E-state index contributed by atoms with van der Waals surface area (Å²) < 4.78 is 0. The third-order valence-electron chi connectivity index (χ3n) is 2.98. The Kier molecular flexibility index (Phi) is 3.79. The summed E-state index contributed by atoms with van der Waals surface area (Å²) in [5, 5.41) is 15.6. The highest BCUT2D eigenvalue weighted by Gasteiger charge is 2.12. The summed E-state index contributed by atoms with van der Waals surface area (Å²) in [6.45, 7) is 2.13. The number of anilines is 1. The molecule has 2 rings (SSSR count). The SMILES string of the molecule is N#Cc1cccc(NCC[C@H]2CCCN2)c1. The van der Waals surface area contributed by atoms with Gasteiger partial charge in [0.05, 0.1) is 11.6 Å². The van der Waals surface area contributed by atoms with Crippen LogP contribution in [0.5, 0.6) is 0 Å². The summed E-state index contributed by atoms with van der Waals surface area (Å²) in [5.74, 6) is 0. The zero-order valence-electron chi connectivity index (χ0n) is 9.37. The largest absolute Gasteiger partial charge is 0.385 e. The normalized spacial score (nSPS) is 19.3. The van der Waals surface area contributed by atoms with Crippen molar-refractivity contribution in [1.82, 2.24) is 5.32 Å². The van der Waals surface area contributed by atoms with Crippen LogP contribution in [0, 0.1) is 11.3 Å². The van der Waals surface area contributed by atoms with Crippen LogP contribution in [-0.2, 0) is 0 Å². The summed E-state index contributed by atoms with van der Waals surface area (Å²) >= 11 is 0. The van der Waals surface area contributed by atoms with Crippen molar-refractivity contribution in [3.05, 3.63) is 29.8 Å². The molecule has 0 bridgehead atoms. The van der Waals surface area contributed by atoms with Gasteiger partial charge in [-0.15, -0.1) is 0 Å². The van der Waals surface area contributed by atoms with Gasteiger partial charge in [-0.1, -0.05) is 6.07 Å². The van der Waals surface area contributed by atoms with Crippen molar-refractivity contribution in [1.29, 1.82) is 5.26 Å². The van der Waals surface area contributed by atoms with E-state index in [1.165, 1.54) is 12.8 Å². The minimum atomic E-state index is 0.673. The van der Waals surface area contributed by atoms with Crippen LogP contribution >= 0.6 is 0 Å². The van der Waals surface area contributed by atoms with Crippen molar-refractivity contribution in [2.45, 2.75) is 25.3 Å². The molecule has 0 unspecified atom stereocenters. The number of benzene rings is 1. The second-order valence-electron chi connectivity index (χ2n) is 4.20. The third kappa shape index (κ3) is 2.98. The lowest BCUT2D eigenvalue weighted by Gasteiger charge is -2.11. The van der Waals surface area contributed by atoms with E-state index >= 15 is 0 Å². The van der Waals surface area contributed by atoms with E-state index in [-0.39, 0.29) is 0 Å². The molecule has 1 saturated heterocycles. The van der Waals surface area contributed by atoms with Gasteiger partial charge in [-0.2, -0.15) is 5.26 Å². The van der Waals surface area contributed by atoms with Crippen LogP contribution in [0.25, 0.3) is 0 Å². The summed E-state index contributed by atoms with van der Waals surface area (Å²) in [6.07, 6.45) is 3.74. The Morgan fingerprint density at radius 2 is 2.44 bits per heavy atom. The molecular formula is C13H17N3. The predicted octanol–water partition coefficient (Wildman–Crippen LogP) is 2.11. The maximum absolute atomic E-state index is 8.77. The lowest BCUT2D eigenvalue weighted by atomic mass is 10.1. The summed E-state index contributed by atoms with van der Waals surface area (Å²) in [6, 6.07) is 10.4. The van der Waals surface area contributed by atoms with Gasteiger partial charge in [0.15, 0.2) is 0 Å². The van der Waals surface area contributed by atoms with E-state index in [1.807, 2.05) is 24.3 Å². The van der Waals surface area contributed by atoms with Crippen molar-refractivity contribution in [3.8, 4) is 6.07 Å². The van der Waals surface area contributed by atoms with Crippen molar-refractivity contribution >= 4 is 5.69 Å². The zero-order valence-corrected chi connectivity index (χ0v) is 9.37. The van der Waals surface area contributed by atoms with Gasteiger partial charge < -0.3 is 10.6 Å². The van der Waals surface area contributed by atoms with Crippen LogP contribution in [-0.4, -0.2) is 19.1 Å². The molecule has 2 N–H and O–H groups in total. The summed E-state index contributed by atoms with van der Waals surface area (Å²) in [4.78, 5) is 0. The van der Waals surface area contributed by atoms with E-state index < -0.39 is 0 Å². The minimum Gasteiger partial charge on any atom is -0.385 e. The van der Waals surface area contributed by atoms with Gasteiger partial charge >= 0.3 is 0 Å². The van der Waals surface area contributed by atoms with Gasteiger partial charge in [-0.3, -0.25) is 0 Å². The molecule has 1 aliphatic rings. The average Bonchev–Trinajstić information content (AvgIpc) is 2.82. The van der Waals surface area contributed by atoms with E-state index in [1.54, 1.807) is 0 Å². The van der Waals surface area contributed by atoms with Crippen molar-refractivity contribution in [2.75, 3.05) is 18.4 Å². The van der Waals surface area contributed by atoms with Gasteiger partial charge in [0.2, 0.25) is 0 Å². The van der Waals surface area contributed by atoms with E-state index in [4.69, 9.17) is 5.26 Å². The van der Waals surface area contributed by atoms with Crippen LogP contribution in [0.15, 0.2) is 24.3 Å². The predicted molar refractivity (Wildman–Crippen MR) is 65.3 cm³/mol. The smallest absolute Gasteiger partial charge is 0.0992 e. The van der Waals surface area contributed by atoms with Crippen LogP contribution in [0.2, 0.25) is 0 Å². The van der Waals surface area contributed by atoms with Crippen LogP contribution in [0.1, 0.15) is 24.8 Å².